The van der Waals surface area contributed by atoms with Crippen LogP contribution in [-0.2, 0) is 14.4 Å². The van der Waals surface area contributed by atoms with E-state index in [1.54, 1.807) is 45.0 Å². The summed E-state index contributed by atoms with van der Waals surface area (Å²) in [6.45, 7) is 4.91. The highest BCUT2D eigenvalue weighted by molar-refractivity contribution is 6.07. The van der Waals surface area contributed by atoms with Crippen LogP contribution in [0, 0.1) is 23.4 Å². The number of aliphatic hydroxyl groups is 1. The molecule has 1 aliphatic rings. The van der Waals surface area contributed by atoms with E-state index in [-0.39, 0.29) is 5.56 Å². The van der Waals surface area contributed by atoms with Gasteiger partial charge in [0, 0.05) is 11.6 Å². The van der Waals surface area contributed by atoms with Crippen LogP contribution in [0.2, 0.25) is 0 Å². The van der Waals surface area contributed by atoms with Crippen LogP contribution in [0.4, 0.5) is 18.9 Å². The monoisotopic (exact) mass is 525 g/mol. The Morgan fingerprint density at radius 1 is 0.895 bits per heavy atom. The molecule has 3 aromatic carbocycles. The summed E-state index contributed by atoms with van der Waals surface area (Å²) >= 11 is 0. The van der Waals surface area contributed by atoms with Crippen molar-refractivity contribution in [3.63, 3.8) is 0 Å². The summed E-state index contributed by atoms with van der Waals surface area (Å²) in [5, 5.41) is 13.8. The van der Waals surface area contributed by atoms with E-state index in [1.807, 2.05) is 0 Å². The number of hydrogen-bond acceptors (Lipinski definition) is 4. The van der Waals surface area contributed by atoms with Crippen molar-refractivity contribution >= 4 is 23.4 Å². The van der Waals surface area contributed by atoms with E-state index < -0.39 is 59.2 Å². The molecule has 3 N–H and O–H groups in total. The maximum atomic E-state index is 14.1. The molecule has 0 saturated carbocycles. The van der Waals surface area contributed by atoms with E-state index in [0.29, 0.717) is 28.4 Å². The minimum atomic E-state index is -1.95. The van der Waals surface area contributed by atoms with Gasteiger partial charge in [-0.25, -0.2) is 18.2 Å². The number of nitrogens with one attached hydrogen (secondary N) is 2. The smallest absolute Gasteiger partial charge is 0.261 e. The number of amides is 3. The van der Waals surface area contributed by atoms with Gasteiger partial charge in [0.15, 0.2) is 6.10 Å². The molecule has 7 nitrogen and oxygen atoms in total. The molecule has 3 aromatic rings. The fourth-order valence-corrected chi connectivity index (χ4v) is 4.43. The highest BCUT2D eigenvalue weighted by atomic mass is 19.1. The number of para-hydroxylation sites is 1. The van der Waals surface area contributed by atoms with Crippen LogP contribution in [0.3, 0.4) is 0 Å². The third-order valence-corrected chi connectivity index (χ3v) is 6.43. The van der Waals surface area contributed by atoms with Crippen molar-refractivity contribution in [1.29, 1.82) is 0 Å². The van der Waals surface area contributed by atoms with Crippen molar-refractivity contribution in [3.8, 4) is 11.1 Å². The maximum Gasteiger partial charge on any atom is 0.261 e. The van der Waals surface area contributed by atoms with Gasteiger partial charge in [-0.1, -0.05) is 38.1 Å². The number of carbonyl (C=O) groups is 3. The van der Waals surface area contributed by atoms with Crippen molar-refractivity contribution in [3.05, 3.63) is 89.2 Å². The van der Waals surface area contributed by atoms with Gasteiger partial charge in [-0.2, -0.15) is 0 Å². The van der Waals surface area contributed by atoms with Gasteiger partial charge in [-0.15, -0.1) is 0 Å². The minimum absolute atomic E-state index is 0.311. The molecule has 38 heavy (non-hydrogen) atoms. The number of rotatable bonds is 6. The molecule has 4 rings (SSSR count). The van der Waals surface area contributed by atoms with Gasteiger partial charge in [0.25, 0.3) is 17.7 Å². The van der Waals surface area contributed by atoms with Crippen LogP contribution >= 0.6 is 0 Å². The van der Waals surface area contributed by atoms with Gasteiger partial charge >= 0.3 is 0 Å². The number of nitrogens with zero attached hydrogens (tertiary/aromatic N) is 1. The van der Waals surface area contributed by atoms with Gasteiger partial charge in [-0.05, 0) is 59.9 Å². The van der Waals surface area contributed by atoms with E-state index in [9.17, 15) is 32.7 Å². The molecule has 3 amide bonds. The number of anilines is 1. The molecule has 1 unspecified atom stereocenters. The molecular weight excluding hydrogens is 499 g/mol. The molecule has 0 aliphatic carbocycles. The van der Waals surface area contributed by atoms with Crippen LogP contribution in [0.5, 0.6) is 0 Å². The summed E-state index contributed by atoms with van der Waals surface area (Å²) < 4.78 is 41.3. The predicted octanol–water partition coefficient (Wildman–Crippen LogP) is 4.13. The number of aliphatic hydroxyl groups excluding tert-OH is 1. The summed E-state index contributed by atoms with van der Waals surface area (Å²) in [6, 6.07) is 11.8. The highest BCUT2D eigenvalue weighted by Gasteiger charge is 2.35. The van der Waals surface area contributed by atoms with E-state index in [2.05, 4.69) is 10.7 Å². The fraction of sp³-hybridized carbons (Fsp3) is 0.250. The first kappa shape index (κ1) is 26.9. The zero-order chi connectivity index (χ0) is 27.7. The molecule has 0 fully saturated rings. The van der Waals surface area contributed by atoms with Gasteiger partial charge in [0.2, 0.25) is 0 Å². The molecular formula is C28H26F3N3O4. The SMILES string of the molecule is CC1C(=O)N(NC(=O)[C@@H](NC(=O)[C@@H](O)c2cc(F)cc(F)c2)C(C)C)c2ccccc2-c2cc(F)ccc21. The largest absolute Gasteiger partial charge is 0.378 e. The quantitative estimate of drug-likeness (QED) is 0.451. The van der Waals surface area contributed by atoms with Gasteiger partial charge in [-0.3, -0.25) is 19.8 Å². The van der Waals surface area contributed by atoms with Gasteiger partial charge < -0.3 is 10.4 Å². The highest BCUT2D eigenvalue weighted by Crippen LogP contribution is 2.40. The molecule has 0 saturated heterocycles. The Morgan fingerprint density at radius 3 is 2.21 bits per heavy atom. The Morgan fingerprint density at radius 2 is 1.55 bits per heavy atom. The molecule has 1 aliphatic heterocycles. The van der Waals surface area contributed by atoms with Crippen LogP contribution in [0.25, 0.3) is 11.1 Å². The third-order valence-electron chi connectivity index (χ3n) is 6.43. The summed E-state index contributed by atoms with van der Waals surface area (Å²) in [7, 11) is 0. The van der Waals surface area contributed by atoms with Gasteiger partial charge in [0.05, 0.1) is 11.6 Å². The van der Waals surface area contributed by atoms with Crippen molar-refractivity contribution in [2.24, 2.45) is 5.92 Å². The average molecular weight is 526 g/mol. The second-order valence-electron chi connectivity index (χ2n) is 9.46. The number of hydrogen-bond donors (Lipinski definition) is 3. The average Bonchev–Trinajstić information content (AvgIpc) is 2.95. The third kappa shape index (κ3) is 5.26. The predicted molar refractivity (Wildman–Crippen MR) is 134 cm³/mol. The lowest BCUT2D eigenvalue weighted by atomic mass is 9.92. The van der Waals surface area contributed by atoms with Crippen molar-refractivity contribution in [1.82, 2.24) is 10.7 Å². The molecule has 0 aromatic heterocycles. The van der Waals surface area contributed by atoms with Crippen LogP contribution in [0.15, 0.2) is 60.7 Å². The molecule has 1 heterocycles. The van der Waals surface area contributed by atoms with Crippen LogP contribution in [0.1, 0.15) is 43.9 Å². The molecule has 198 valence electrons. The first-order valence-electron chi connectivity index (χ1n) is 12.0. The molecule has 0 bridgehead atoms. The second kappa shape index (κ2) is 10.7. The lowest BCUT2D eigenvalue weighted by molar-refractivity contribution is -0.135. The summed E-state index contributed by atoms with van der Waals surface area (Å²) in [5.41, 5.74) is 4.17. The van der Waals surface area contributed by atoms with Gasteiger partial charge in [0.1, 0.15) is 23.5 Å². The Bertz CT molecular complexity index is 1390. The molecule has 0 spiro atoms. The number of fused-ring (bicyclic) bond motifs is 3. The zero-order valence-corrected chi connectivity index (χ0v) is 20.8. The summed E-state index contributed by atoms with van der Waals surface area (Å²) in [6.07, 6.45) is -1.95. The number of carbonyl (C=O) groups excluding carboxylic acids is 3. The second-order valence-corrected chi connectivity index (χ2v) is 9.46. The first-order valence-corrected chi connectivity index (χ1v) is 12.0. The fourth-order valence-electron chi connectivity index (χ4n) is 4.43. The first-order chi connectivity index (χ1) is 18.0. The topological polar surface area (TPSA) is 98.7 Å². The summed E-state index contributed by atoms with van der Waals surface area (Å²) in [5.74, 6) is -5.97. The Balaban J connectivity index is 1.62. The van der Waals surface area contributed by atoms with Crippen molar-refractivity contribution in [2.45, 2.75) is 38.8 Å². The Labute approximate surface area is 217 Å². The lowest BCUT2D eigenvalue weighted by Gasteiger charge is -2.29. The lowest BCUT2D eigenvalue weighted by Crippen LogP contribution is -2.57. The maximum absolute atomic E-state index is 14.1. The zero-order valence-electron chi connectivity index (χ0n) is 20.8. The number of benzene rings is 3. The standard InChI is InChI=1S/C28H26F3N3O4/c1-14(2)24(32-27(37)25(35)16-10-18(30)12-19(31)11-16)26(36)33-34-23-7-5-4-6-21(23)22-13-17(29)8-9-20(22)15(3)28(34)38/h4-15,24-25,35H,1-3H3,(H,32,37)(H,33,36)/t15?,24-,25-/m0/s1. The van der Waals surface area contributed by atoms with E-state index in [1.165, 1.54) is 18.2 Å². The van der Waals surface area contributed by atoms with E-state index in [0.717, 1.165) is 17.1 Å². The van der Waals surface area contributed by atoms with E-state index in [4.69, 9.17) is 0 Å². The Hall–Kier alpha value is -4.18. The normalized spacial score (nSPS) is 16.3. The molecule has 3 atom stereocenters. The van der Waals surface area contributed by atoms with Crippen LogP contribution < -0.4 is 15.8 Å². The number of halogens is 3. The minimum Gasteiger partial charge on any atom is -0.378 e. The van der Waals surface area contributed by atoms with E-state index >= 15 is 0 Å². The van der Waals surface area contributed by atoms with Crippen LogP contribution in [-0.4, -0.2) is 28.9 Å². The molecule has 10 heteroatoms. The molecule has 0 radical (unpaired) electrons. The number of hydrazine groups is 1. The van der Waals surface area contributed by atoms with Crippen molar-refractivity contribution in [2.75, 3.05) is 5.01 Å². The Kier molecular flexibility index (Phi) is 7.54. The van der Waals surface area contributed by atoms with Crippen molar-refractivity contribution < 1.29 is 32.7 Å². The summed E-state index contributed by atoms with van der Waals surface area (Å²) in [4.78, 5) is 39.6.